The summed E-state index contributed by atoms with van der Waals surface area (Å²) in [5.41, 5.74) is 7.33. The van der Waals surface area contributed by atoms with Gasteiger partial charge in [0, 0.05) is 4.47 Å². The van der Waals surface area contributed by atoms with E-state index in [0.717, 1.165) is 6.42 Å². The van der Waals surface area contributed by atoms with Crippen molar-refractivity contribution in [2.45, 2.75) is 32.6 Å². The molecule has 0 heterocycles. The van der Waals surface area contributed by atoms with Crippen molar-refractivity contribution in [2.24, 2.45) is 0 Å². The highest BCUT2D eigenvalue weighted by molar-refractivity contribution is 9.10. The van der Waals surface area contributed by atoms with Crippen molar-refractivity contribution >= 4 is 15.9 Å². The van der Waals surface area contributed by atoms with Gasteiger partial charge in [0.05, 0.1) is 0 Å². The average Bonchev–Trinajstić information content (AvgIpc) is 2.67. The maximum absolute atomic E-state index is 3.66. The molecule has 0 aliphatic heterocycles. The number of rotatable bonds is 0. The molecular weight excluding hydrogens is 284 g/mol. The zero-order chi connectivity index (χ0) is 12.9. The van der Waals surface area contributed by atoms with Crippen molar-refractivity contribution in [3.05, 3.63) is 57.6 Å². The first kappa shape index (κ1) is 12.0. The predicted molar refractivity (Wildman–Crippen MR) is 81.1 cm³/mol. The third-order valence-electron chi connectivity index (χ3n) is 3.75. The Labute approximate surface area is 117 Å². The van der Waals surface area contributed by atoms with Gasteiger partial charge in [0.25, 0.3) is 0 Å². The van der Waals surface area contributed by atoms with Gasteiger partial charge in [-0.25, -0.2) is 0 Å². The van der Waals surface area contributed by atoms with Crippen LogP contribution in [-0.2, 0) is 11.8 Å². The third-order valence-corrected chi connectivity index (χ3v) is 4.49. The van der Waals surface area contributed by atoms with Crippen LogP contribution in [0.4, 0.5) is 0 Å². The van der Waals surface area contributed by atoms with Crippen LogP contribution >= 0.6 is 15.9 Å². The molecule has 1 aliphatic carbocycles. The van der Waals surface area contributed by atoms with E-state index in [1.807, 2.05) is 0 Å². The summed E-state index contributed by atoms with van der Waals surface area (Å²) in [7, 11) is 0. The third kappa shape index (κ3) is 1.81. The van der Waals surface area contributed by atoms with E-state index in [4.69, 9.17) is 0 Å². The van der Waals surface area contributed by atoms with Gasteiger partial charge in [-0.15, -0.1) is 0 Å². The molecule has 0 fully saturated rings. The maximum Gasteiger partial charge on any atom is 0.0216 e. The molecule has 0 bridgehead atoms. The van der Waals surface area contributed by atoms with Crippen molar-refractivity contribution in [3.63, 3.8) is 0 Å². The maximum atomic E-state index is 3.66. The van der Waals surface area contributed by atoms with Crippen LogP contribution in [-0.4, -0.2) is 0 Å². The van der Waals surface area contributed by atoms with Crippen LogP contribution in [0.1, 0.15) is 37.5 Å². The first-order chi connectivity index (χ1) is 8.47. The van der Waals surface area contributed by atoms with Crippen LogP contribution in [0.2, 0.25) is 0 Å². The van der Waals surface area contributed by atoms with E-state index in [1.165, 1.54) is 32.3 Å². The van der Waals surface area contributed by atoms with Gasteiger partial charge in [-0.05, 0) is 45.7 Å². The normalized spacial score (nSPS) is 13.3. The van der Waals surface area contributed by atoms with Gasteiger partial charge in [-0.1, -0.05) is 67.0 Å². The fourth-order valence-electron chi connectivity index (χ4n) is 2.65. The number of hydrogen-bond donors (Lipinski definition) is 0. The lowest BCUT2D eigenvalue weighted by Gasteiger charge is -2.20. The molecule has 0 nitrogen and oxygen atoms in total. The predicted octanol–water partition coefficient (Wildman–Crippen LogP) is 5.32. The highest BCUT2D eigenvalue weighted by Gasteiger charge is 2.22. The van der Waals surface area contributed by atoms with Gasteiger partial charge in [-0.2, -0.15) is 0 Å². The lowest BCUT2D eigenvalue weighted by Crippen LogP contribution is -2.11. The monoisotopic (exact) mass is 300 g/mol. The Balaban J connectivity index is 2.15. The zero-order valence-electron chi connectivity index (χ0n) is 11.0. The van der Waals surface area contributed by atoms with E-state index in [0.29, 0.717) is 0 Å². The molecule has 0 saturated carbocycles. The molecule has 18 heavy (non-hydrogen) atoms. The smallest absolute Gasteiger partial charge is 0.0216 e. The Bertz CT molecular complexity index is 618. The van der Waals surface area contributed by atoms with E-state index in [9.17, 15) is 0 Å². The van der Waals surface area contributed by atoms with Crippen molar-refractivity contribution in [1.29, 1.82) is 0 Å². The minimum absolute atomic E-state index is 0.223. The minimum atomic E-state index is 0.223. The van der Waals surface area contributed by atoms with E-state index < -0.39 is 0 Å². The molecule has 2 aromatic carbocycles. The Morgan fingerprint density at radius 3 is 2.50 bits per heavy atom. The van der Waals surface area contributed by atoms with Crippen LogP contribution in [0.3, 0.4) is 0 Å². The second-order valence-corrected chi connectivity index (χ2v) is 6.92. The second-order valence-electron chi connectivity index (χ2n) is 6.06. The SMILES string of the molecule is CC(C)(C)c1ccc2c(c1)Cc1c(Br)cccc1-2. The summed E-state index contributed by atoms with van der Waals surface area (Å²) in [6.07, 6.45) is 1.05. The molecule has 0 amide bonds. The minimum Gasteiger partial charge on any atom is -0.0605 e. The molecule has 92 valence electrons. The molecule has 0 radical (unpaired) electrons. The molecule has 1 heteroatoms. The molecule has 0 aromatic heterocycles. The molecule has 0 unspecified atom stereocenters. The fourth-order valence-corrected chi connectivity index (χ4v) is 3.16. The molecule has 2 aromatic rings. The molecular formula is C17H17Br. The van der Waals surface area contributed by atoms with Gasteiger partial charge in [0.15, 0.2) is 0 Å². The van der Waals surface area contributed by atoms with Gasteiger partial charge < -0.3 is 0 Å². The lowest BCUT2D eigenvalue weighted by atomic mass is 9.85. The largest absolute Gasteiger partial charge is 0.0605 e. The van der Waals surface area contributed by atoms with Crippen LogP contribution in [0.5, 0.6) is 0 Å². The summed E-state index contributed by atoms with van der Waals surface area (Å²) in [6, 6.07) is 13.4. The van der Waals surface area contributed by atoms with E-state index in [-0.39, 0.29) is 5.41 Å². The zero-order valence-corrected chi connectivity index (χ0v) is 12.6. The fraction of sp³-hybridized carbons (Fsp3) is 0.294. The number of benzene rings is 2. The first-order valence-corrected chi connectivity index (χ1v) is 7.17. The van der Waals surface area contributed by atoms with Crippen molar-refractivity contribution in [1.82, 2.24) is 0 Å². The van der Waals surface area contributed by atoms with Crippen molar-refractivity contribution in [2.75, 3.05) is 0 Å². The van der Waals surface area contributed by atoms with Gasteiger partial charge in [0.2, 0.25) is 0 Å². The van der Waals surface area contributed by atoms with E-state index in [1.54, 1.807) is 0 Å². The van der Waals surface area contributed by atoms with Crippen LogP contribution in [0, 0.1) is 0 Å². The number of halogens is 1. The summed E-state index contributed by atoms with van der Waals surface area (Å²) >= 11 is 3.66. The summed E-state index contributed by atoms with van der Waals surface area (Å²) < 4.78 is 1.23. The highest BCUT2D eigenvalue weighted by atomic mass is 79.9. The Kier molecular flexibility index (Phi) is 2.63. The standard InChI is InChI=1S/C17H17Br/c1-17(2,3)12-7-8-13-11(9-12)10-15-14(13)5-4-6-16(15)18/h4-9H,10H2,1-3H3. The van der Waals surface area contributed by atoms with Crippen LogP contribution in [0.25, 0.3) is 11.1 Å². The Morgan fingerprint density at radius 2 is 1.78 bits per heavy atom. The Hall–Kier alpha value is -1.08. The second kappa shape index (κ2) is 3.96. The Morgan fingerprint density at radius 1 is 1.00 bits per heavy atom. The van der Waals surface area contributed by atoms with Gasteiger partial charge in [0.1, 0.15) is 0 Å². The van der Waals surface area contributed by atoms with Gasteiger partial charge >= 0.3 is 0 Å². The van der Waals surface area contributed by atoms with Gasteiger partial charge in [-0.3, -0.25) is 0 Å². The summed E-state index contributed by atoms with van der Waals surface area (Å²) in [5, 5.41) is 0. The highest BCUT2D eigenvalue weighted by Crippen LogP contribution is 2.41. The van der Waals surface area contributed by atoms with E-state index in [2.05, 4.69) is 73.1 Å². The van der Waals surface area contributed by atoms with Crippen molar-refractivity contribution in [3.8, 4) is 11.1 Å². The molecule has 0 atom stereocenters. The lowest BCUT2D eigenvalue weighted by molar-refractivity contribution is 0.590. The molecule has 1 aliphatic rings. The summed E-state index contributed by atoms with van der Waals surface area (Å²) in [5.74, 6) is 0. The summed E-state index contributed by atoms with van der Waals surface area (Å²) in [4.78, 5) is 0. The van der Waals surface area contributed by atoms with E-state index >= 15 is 0 Å². The van der Waals surface area contributed by atoms with Crippen LogP contribution < -0.4 is 0 Å². The molecule has 0 N–H and O–H groups in total. The molecule has 3 rings (SSSR count). The topological polar surface area (TPSA) is 0 Å². The summed E-state index contributed by atoms with van der Waals surface area (Å²) in [6.45, 7) is 6.81. The van der Waals surface area contributed by atoms with Crippen LogP contribution in [0.15, 0.2) is 40.9 Å². The first-order valence-electron chi connectivity index (χ1n) is 6.38. The molecule has 0 saturated heterocycles. The number of fused-ring (bicyclic) bond motifs is 3. The van der Waals surface area contributed by atoms with Crippen molar-refractivity contribution < 1.29 is 0 Å². The number of hydrogen-bond acceptors (Lipinski definition) is 0. The quantitative estimate of drug-likeness (QED) is 0.527. The average molecular weight is 301 g/mol. The molecule has 0 spiro atoms.